The van der Waals surface area contributed by atoms with Gasteiger partial charge in [-0.2, -0.15) is 5.26 Å². The summed E-state index contributed by atoms with van der Waals surface area (Å²) in [5, 5.41) is 8.76. The average Bonchev–Trinajstić information content (AvgIpc) is 2.41. The van der Waals surface area contributed by atoms with Gasteiger partial charge in [0, 0.05) is 12.1 Å². The van der Waals surface area contributed by atoms with Crippen molar-refractivity contribution in [3.8, 4) is 6.07 Å². The van der Waals surface area contributed by atoms with Gasteiger partial charge in [0.25, 0.3) is 5.91 Å². The van der Waals surface area contributed by atoms with E-state index in [1.54, 1.807) is 6.07 Å². The molecule has 1 aliphatic rings. The fourth-order valence-corrected chi connectivity index (χ4v) is 1.97. The van der Waals surface area contributed by atoms with Crippen LogP contribution < -0.4 is 0 Å². The molecule has 0 radical (unpaired) electrons. The number of hydrogen-bond acceptors (Lipinski definition) is 3. The first-order chi connectivity index (χ1) is 8.61. The van der Waals surface area contributed by atoms with Gasteiger partial charge in [0.2, 0.25) is 0 Å². The summed E-state index contributed by atoms with van der Waals surface area (Å²) in [5.41, 5.74) is 0.272. The summed E-state index contributed by atoms with van der Waals surface area (Å²) in [4.78, 5) is 13.6. The van der Waals surface area contributed by atoms with Crippen molar-refractivity contribution < 1.29 is 13.9 Å². The molecule has 1 unspecified atom stereocenters. The van der Waals surface area contributed by atoms with E-state index in [9.17, 15) is 9.18 Å². The predicted molar refractivity (Wildman–Crippen MR) is 65.4 cm³/mol. The standard InChI is InChI=1S/C12H10BrFN2O2/c13-10-2-1-8(5-11(10)14)12(17)16-3-4-18-9(6-15)7-16/h1-2,5,9H,3-4,7H2. The first-order valence-electron chi connectivity index (χ1n) is 5.37. The zero-order chi connectivity index (χ0) is 13.1. The Hall–Kier alpha value is -1.45. The van der Waals surface area contributed by atoms with Crippen molar-refractivity contribution in [1.29, 1.82) is 5.26 Å². The molecule has 1 aromatic carbocycles. The van der Waals surface area contributed by atoms with E-state index >= 15 is 0 Å². The summed E-state index contributed by atoms with van der Waals surface area (Å²) in [6, 6.07) is 6.19. The lowest BCUT2D eigenvalue weighted by Crippen LogP contribution is -2.45. The largest absolute Gasteiger partial charge is 0.360 e. The number of carbonyl (C=O) groups excluding carboxylic acids is 1. The molecule has 94 valence electrons. The van der Waals surface area contributed by atoms with Gasteiger partial charge < -0.3 is 9.64 Å². The molecule has 1 aliphatic heterocycles. The van der Waals surface area contributed by atoms with Crippen molar-refractivity contribution in [2.45, 2.75) is 6.10 Å². The van der Waals surface area contributed by atoms with E-state index in [1.807, 2.05) is 6.07 Å². The molecule has 1 heterocycles. The third-order valence-corrected chi connectivity index (χ3v) is 3.31. The Kier molecular flexibility index (Phi) is 3.94. The summed E-state index contributed by atoms with van der Waals surface area (Å²) < 4.78 is 18.8. The summed E-state index contributed by atoms with van der Waals surface area (Å²) in [6.45, 7) is 0.949. The normalized spacial score (nSPS) is 19.4. The second kappa shape index (κ2) is 5.46. The quantitative estimate of drug-likeness (QED) is 0.796. The van der Waals surface area contributed by atoms with Crippen LogP contribution >= 0.6 is 15.9 Å². The van der Waals surface area contributed by atoms with Crippen LogP contribution in [0.1, 0.15) is 10.4 Å². The van der Waals surface area contributed by atoms with Crippen LogP contribution in [-0.4, -0.2) is 36.6 Å². The number of ether oxygens (including phenoxy) is 1. The van der Waals surface area contributed by atoms with Crippen LogP contribution in [0.15, 0.2) is 22.7 Å². The topological polar surface area (TPSA) is 53.3 Å². The Bertz CT molecular complexity index is 515. The van der Waals surface area contributed by atoms with Crippen molar-refractivity contribution in [2.24, 2.45) is 0 Å². The minimum absolute atomic E-state index is 0.215. The van der Waals surface area contributed by atoms with E-state index in [1.165, 1.54) is 17.0 Å². The van der Waals surface area contributed by atoms with Crippen molar-refractivity contribution >= 4 is 21.8 Å². The summed E-state index contributed by atoms with van der Waals surface area (Å²) in [6.07, 6.45) is -0.608. The van der Waals surface area contributed by atoms with Crippen LogP contribution in [0.2, 0.25) is 0 Å². The molecule has 0 spiro atoms. The molecule has 1 amide bonds. The molecule has 0 aromatic heterocycles. The van der Waals surface area contributed by atoms with Crippen LogP contribution in [0.5, 0.6) is 0 Å². The van der Waals surface area contributed by atoms with E-state index in [4.69, 9.17) is 10.00 Å². The lowest BCUT2D eigenvalue weighted by Gasteiger charge is -2.29. The van der Waals surface area contributed by atoms with Crippen molar-refractivity contribution in [3.63, 3.8) is 0 Å². The number of benzene rings is 1. The van der Waals surface area contributed by atoms with E-state index in [0.717, 1.165) is 0 Å². The molecule has 1 fully saturated rings. The molecular weight excluding hydrogens is 303 g/mol. The zero-order valence-corrected chi connectivity index (χ0v) is 11.0. The fraction of sp³-hybridized carbons (Fsp3) is 0.333. The van der Waals surface area contributed by atoms with Crippen LogP contribution in [0.3, 0.4) is 0 Å². The molecule has 0 saturated carbocycles. The van der Waals surface area contributed by atoms with Gasteiger partial charge in [0.05, 0.1) is 23.7 Å². The smallest absolute Gasteiger partial charge is 0.254 e. The second-order valence-corrected chi connectivity index (χ2v) is 4.72. The average molecular weight is 313 g/mol. The number of nitriles is 1. The Morgan fingerprint density at radius 1 is 1.61 bits per heavy atom. The maximum absolute atomic E-state index is 13.4. The van der Waals surface area contributed by atoms with Crippen molar-refractivity contribution in [3.05, 3.63) is 34.1 Å². The summed E-state index contributed by atoms with van der Waals surface area (Å²) in [7, 11) is 0. The number of carbonyl (C=O) groups is 1. The van der Waals surface area contributed by atoms with Crippen molar-refractivity contribution in [2.75, 3.05) is 19.7 Å². The van der Waals surface area contributed by atoms with Gasteiger partial charge in [0.1, 0.15) is 5.82 Å². The molecular formula is C12H10BrFN2O2. The van der Waals surface area contributed by atoms with Crippen LogP contribution in [0.25, 0.3) is 0 Å². The van der Waals surface area contributed by atoms with Gasteiger partial charge in [-0.3, -0.25) is 4.79 Å². The SMILES string of the molecule is N#CC1CN(C(=O)c2ccc(Br)c(F)c2)CCO1. The first-order valence-corrected chi connectivity index (χ1v) is 6.16. The third kappa shape index (κ3) is 2.68. The van der Waals surface area contributed by atoms with E-state index in [2.05, 4.69) is 15.9 Å². The number of amides is 1. The van der Waals surface area contributed by atoms with Gasteiger partial charge in [-0.25, -0.2) is 4.39 Å². The van der Waals surface area contributed by atoms with Gasteiger partial charge >= 0.3 is 0 Å². The second-order valence-electron chi connectivity index (χ2n) is 3.87. The van der Waals surface area contributed by atoms with Gasteiger partial charge in [0.15, 0.2) is 6.10 Å². The Balaban J connectivity index is 2.15. The maximum atomic E-state index is 13.4. The number of hydrogen-bond donors (Lipinski definition) is 0. The number of rotatable bonds is 1. The van der Waals surface area contributed by atoms with Crippen LogP contribution in [0, 0.1) is 17.1 Å². The molecule has 0 N–H and O–H groups in total. The Morgan fingerprint density at radius 3 is 3.06 bits per heavy atom. The molecule has 1 aromatic rings. The van der Waals surface area contributed by atoms with Crippen molar-refractivity contribution in [1.82, 2.24) is 4.90 Å². The highest BCUT2D eigenvalue weighted by molar-refractivity contribution is 9.10. The van der Waals surface area contributed by atoms with E-state index in [0.29, 0.717) is 17.6 Å². The molecule has 0 bridgehead atoms. The van der Waals surface area contributed by atoms with Gasteiger partial charge in [-0.05, 0) is 34.1 Å². The predicted octanol–water partition coefficient (Wildman–Crippen LogP) is 1.95. The number of morpholine rings is 1. The minimum atomic E-state index is -0.608. The Labute approximate surface area is 112 Å². The van der Waals surface area contributed by atoms with Crippen LogP contribution in [0.4, 0.5) is 4.39 Å². The molecule has 18 heavy (non-hydrogen) atoms. The molecule has 6 heteroatoms. The van der Waals surface area contributed by atoms with E-state index < -0.39 is 11.9 Å². The number of nitrogens with zero attached hydrogens (tertiary/aromatic N) is 2. The van der Waals surface area contributed by atoms with Gasteiger partial charge in [-0.15, -0.1) is 0 Å². The lowest BCUT2D eigenvalue weighted by molar-refractivity contribution is 0.00345. The molecule has 0 aliphatic carbocycles. The van der Waals surface area contributed by atoms with Gasteiger partial charge in [-0.1, -0.05) is 0 Å². The summed E-state index contributed by atoms with van der Waals surface area (Å²) >= 11 is 3.03. The molecule has 2 rings (SSSR count). The molecule has 1 atom stereocenters. The van der Waals surface area contributed by atoms with Crippen LogP contribution in [-0.2, 0) is 4.74 Å². The number of halogens is 2. The lowest BCUT2D eigenvalue weighted by atomic mass is 10.1. The summed E-state index contributed by atoms with van der Waals surface area (Å²) in [5.74, 6) is -0.768. The third-order valence-electron chi connectivity index (χ3n) is 2.66. The molecule has 4 nitrogen and oxygen atoms in total. The maximum Gasteiger partial charge on any atom is 0.254 e. The Morgan fingerprint density at radius 2 is 2.39 bits per heavy atom. The fourth-order valence-electron chi connectivity index (χ4n) is 1.72. The monoisotopic (exact) mass is 312 g/mol. The molecule has 1 saturated heterocycles. The first kappa shape index (κ1) is 13.0. The highest BCUT2D eigenvalue weighted by Crippen LogP contribution is 2.18. The highest BCUT2D eigenvalue weighted by atomic mass is 79.9. The minimum Gasteiger partial charge on any atom is -0.360 e. The highest BCUT2D eigenvalue weighted by Gasteiger charge is 2.25. The zero-order valence-electron chi connectivity index (χ0n) is 9.40. The van der Waals surface area contributed by atoms with E-state index in [-0.39, 0.29) is 18.0 Å².